The molecule has 2 heterocycles. The van der Waals surface area contributed by atoms with Crippen molar-refractivity contribution in [3.8, 4) is 5.88 Å². The Morgan fingerprint density at radius 1 is 1.18 bits per heavy atom. The van der Waals surface area contributed by atoms with Crippen molar-refractivity contribution < 1.29 is 9.90 Å². The number of fused-ring (bicyclic) bond motifs is 2. The molecule has 0 saturated carbocycles. The Balaban J connectivity index is 1.80. The van der Waals surface area contributed by atoms with E-state index in [4.69, 9.17) is 0 Å². The second kappa shape index (κ2) is 7.44. The van der Waals surface area contributed by atoms with Gasteiger partial charge in [0, 0.05) is 25.4 Å². The zero-order chi connectivity index (χ0) is 19.8. The van der Waals surface area contributed by atoms with Gasteiger partial charge in [-0.25, -0.2) is 0 Å². The molecule has 0 aliphatic heterocycles. The molecule has 4 rings (SSSR count). The number of H-pyrrole nitrogens is 1. The fraction of sp³-hybridized carbons (Fsp3) is 0.100. The summed E-state index contributed by atoms with van der Waals surface area (Å²) in [5, 5.41) is 19.5. The minimum atomic E-state index is -0.490. The number of aryl methyl sites for hydroxylation is 1. The molecule has 0 unspecified atom stereocenters. The second-order valence-corrected chi connectivity index (χ2v) is 7.94. The molecule has 0 atom stereocenters. The van der Waals surface area contributed by atoms with Gasteiger partial charge in [-0.3, -0.25) is 9.78 Å². The summed E-state index contributed by atoms with van der Waals surface area (Å²) < 4.78 is 1.56. The SMILES string of the molecule is CCc1cc(C(=O)N=Nc2c(O)[nH]c3c(Br)cc(Br)cc23)c2ccccc2n1. The number of para-hydroxylation sites is 1. The van der Waals surface area contributed by atoms with Gasteiger partial charge in [0.05, 0.1) is 16.6 Å². The molecule has 4 aromatic rings. The number of aromatic amines is 1. The lowest BCUT2D eigenvalue weighted by atomic mass is 10.1. The van der Waals surface area contributed by atoms with Gasteiger partial charge in [0.25, 0.3) is 5.91 Å². The Kier molecular flexibility index (Phi) is 4.99. The average molecular weight is 502 g/mol. The van der Waals surface area contributed by atoms with E-state index in [1.807, 2.05) is 37.3 Å². The molecule has 28 heavy (non-hydrogen) atoms. The number of nitrogens with zero attached hydrogens (tertiary/aromatic N) is 3. The Morgan fingerprint density at radius 2 is 1.96 bits per heavy atom. The van der Waals surface area contributed by atoms with E-state index in [1.54, 1.807) is 12.1 Å². The quantitative estimate of drug-likeness (QED) is 0.317. The molecule has 0 bridgehead atoms. The number of halogens is 2. The number of hydrogen-bond acceptors (Lipinski definition) is 4. The third-order valence-electron chi connectivity index (χ3n) is 4.38. The fourth-order valence-electron chi connectivity index (χ4n) is 3.03. The molecule has 0 aliphatic rings. The van der Waals surface area contributed by atoms with E-state index in [1.165, 1.54) is 0 Å². The number of azo groups is 1. The van der Waals surface area contributed by atoms with E-state index >= 15 is 0 Å². The number of rotatable bonds is 3. The van der Waals surface area contributed by atoms with Crippen molar-refractivity contribution in [1.82, 2.24) is 9.97 Å². The van der Waals surface area contributed by atoms with Gasteiger partial charge < -0.3 is 10.1 Å². The molecule has 8 heteroatoms. The van der Waals surface area contributed by atoms with Crippen LogP contribution in [0, 0.1) is 0 Å². The number of pyridine rings is 1. The molecule has 0 saturated heterocycles. The molecule has 0 spiro atoms. The monoisotopic (exact) mass is 500 g/mol. The molecule has 140 valence electrons. The molecular formula is C20H14Br2N4O2. The number of carbonyl (C=O) groups excluding carboxylic acids is 1. The van der Waals surface area contributed by atoms with Gasteiger partial charge >= 0.3 is 0 Å². The standard InChI is InChI=1S/C20H14Br2N4O2/c1-2-11-9-13(12-5-3-4-6-16(12)23-11)19(27)26-25-18-14-7-10(21)8-15(22)17(14)24-20(18)28/h3-9,24,28H,2H2,1H3. The zero-order valence-electron chi connectivity index (χ0n) is 14.7. The third-order valence-corrected chi connectivity index (χ3v) is 5.46. The molecule has 0 aliphatic carbocycles. The highest BCUT2D eigenvalue weighted by Gasteiger charge is 2.16. The van der Waals surface area contributed by atoms with Crippen molar-refractivity contribution in [3.05, 3.63) is 62.7 Å². The third kappa shape index (κ3) is 3.33. The first-order valence-electron chi connectivity index (χ1n) is 8.52. The van der Waals surface area contributed by atoms with Crippen LogP contribution in [0.2, 0.25) is 0 Å². The van der Waals surface area contributed by atoms with E-state index in [9.17, 15) is 9.90 Å². The Labute approximate surface area is 177 Å². The van der Waals surface area contributed by atoms with Gasteiger partial charge in [-0.2, -0.15) is 0 Å². The number of carbonyl (C=O) groups is 1. The number of aromatic nitrogens is 2. The number of nitrogens with one attached hydrogen (secondary N) is 1. The number of benzene rings is 2. The molecule has 6 nitrogen and oxygen atoms in total. The van der Waals surface area contributed by atoms with Crippen LogP contribution in [-0.4, -0.2) is 21.0 Å². The van der Waals surface area contributed by atoms with Crippen molar-refractivity contribution >= 4 is 65.3 Å². The number of aromatic hydroxyl groups is 1. The first-order chi connectivity index (χ1) is 13.5. The van der Waals surface area contributed by atoms with Gasteiger partial charge in [0.2, 0.25) is 5.88 Å². The van der Waals surface area contributed by atoms with Gasteiger partial charge in [-0.15, -0.1) is 10.2 Å². The Hall–Kier alpha value is -2.58. The van der Waals surface area contributed by atoms with Crippen LogP contribution in [0.5, 0.6) is 5.88 Å². The Bertz CT molecular complexity index is 1260. The molecule has 1 amide bonds. The van der Waals surface area contributed by atoms with E-state index in [0.29, 0.717) is 22.9 Å². The predicted molar refractivity (Wildman–Crippen MR) is 115 cm³/mol. The summed E-state index contributed by atoms with van der Waals surface area (Å²) in [6.45, 7) is 1.98. The molecule has 2 aromatic carbocycles. The van der Waals surface area contributed by atoms with Crippen LogP contribution >= 0.6 is 31.9 Å². The van der Waals surface area contributed by atoms with E-state index < -0.39 is 5.91 Å². The lowest BCUT2D eigenvalue weighted by Gasteiger charge is -2.05. The van der Waals surface area contributed by atoms with Crippen LogP contribution in [0.25, 0.3) is 21.8 Å². The first-order valence-corrected chi connectivity index (χ1v) is 10.1. The van der Waals surface area contributed by atoms with Crippen LogP contribution < -0.4 is 0 Å². The van der Waals surface area contributed by atoms with Crippen LogP contribution in [0.3, 0.4) is 0 Å². The largest absolute Gasteiger partial charge is 0.493 e. The topological polar surface area (TPSA) is 90.7 Å². The lowest BCUT2D eigenvalue weighted by molar-refractivity contribution is 0.0996. The van der Waals surface area contributed by atoms with Crippen molar-refractivity contribution in [2.24, 2.45) is 10.2 Å². The first kappa shape index (κ1) is 18.8. The van der Waals surface area contributed by atoms with Crippen molar-refractivity contribution in [1.29, 1.82) is 0 Å². The minimum Gasteiger partial charge on any atom is -0.493 e. The highest BCUT2D eigenvalue weighted by Crippen LogP contribution is 2.40. The van der Waals surface area contributed by atoms with Gasteiger partial charge in [0.1, 0.15) is 0 Å². The fourth-order valence-corrected chi connectivity index (χ4v) is 4.36. The lowest BCUT2D eigenvalue weighted by Crippen LogP contribution is -2.00. The molecule has 0 fully saturated rings. The number of amides is 1. The summed E-state index contributed by atoms with van der Waals surface area (Å²) in [7, 11) is 0. The van der Waals surface area contributed by atoms with Crippen molar-refractivity contribution in [2.45, 2.75) is 13.3 Å². The highest BCUT2D eigenvalue weighted by atomic mass is 79.9. The molecule has 0 radical (unpaired) electrons. The summed E-state index contributed by atoms with van der Waals surface area (Å²) in [5.74, 6) is -0.643. The molecule has 2 aromatic heterocycles. The van der Waals surface area contributed by atoms with Gasteiger partial charge in [-0.05, 0) is 46.6 Å². The summed E-state index contributed by atoms with van der Waals surface area (Å²) in [6, 6.07) is 12.8. The average Bonchev–Trinajstić information content (AvgIpc) is 3.00. The summed E-state index contributed by atoms with van der Waals surface area (Å²) in [5.41, 5.74) is 2.86. The maximum absolute atomic E-state index is 12.8. The zero-order valence-corrected chi connectivity index (χ0v) is 17.9. The van der Waals surface area contributed by atoms with E-state index in [-0.39, 0.29) is 11.6 Å². The summed E-state index contributed by atoms with van der Waals surface area (Å²) in [6.07, 6.45) is 0.702. The van der Waals surface area contributed by atoms with E-state index in [0.717, 1.165) is 25.5 Å². The van der Waals surface area contributed by atoms with Crippen LogP contribution in [0.1, 0.15) is 23.0 Å². The van der Waals surface area contributed by atoms with Crippen molar-refractivity contribution in [3.63, 3.8) is 0 Å². The molecule has 2 N–H and O–H groups in total. The predicted octanol–water partition coefficient (Wildman–Crippen LogP) is 6.43. The van der Waals surface area contributed by atoms with Crippen LogP contribution in [-0.2, 0) is 6.42 Å². The molecular weight excluding hydrogens is 488 g/mol. The van der Waals surface area contributed by atoms with Gasteiger partial charge in [-0.1, -0.05) is 41.1 Å². The maximum atomic E-state index is 12.8. The van der Waals surface area contributed by atoms with E-state index in [2.05, 4.69) is 52.1 Å². The number of hydrogen-bond donors (Lipinski definition) is 2. The van der Waals surface area contributed by atoms with Gasteiger partial charge in [0.15, 0.2) is 5.69 Å². The minimum absolute atomic E-state index is 0.154. The maximum Gasteiger partial charge on any atom is 0.296 e. The smallest absolute Gasteiger partial charge is 0.296 e. The van der Waals surface area contributed by atoms with Crippen molar-refractivity contribution in [2.75, 3.05) is 0 Å². The second-order valence-electron chi connectivity index (χ2n) is 6.17. The Morgan fingerprint density at radius 3 is 2.75 bits per heavy atom. The van der Waals surface area contributed by atoms with Crippen LogP contribution in [0.15, 0.2) is 61.6 Å². The highest BCUT2D eigenvalue weighted by molar-refractivity contribution is 9.11. The summed E-state index contributed by atoms with van der Waals surface area (Å²) >= 11 is 6.85. The van der Waals surface area contributed by atoms with Crippen LogP contribution in [0.4, 0.5) is 5.69 Å². The summed E-state index contributed by atoms with van der Waals surface area (Å²) in [4.78, 5) is 20.2. The normalized spacial score (nSPS) is 11.7.